The lowest BCUT2D eigenvalue weighted by Gasteiger charge is -2.11. The molecule has 0 aliphatic carbocycles. The number of para-hydroxylation sites is 1. The van der Waals surface area contributed by atoms with Crippen LogP contribution in [0.2, 0.25) is 0 Å². The summed E-state index contributed by atoms with van der Waals surface area (Å²) in [7, 11) is 0. The number of benzene rings is 1. The fourth-order valence-electron chi connectivity index (χ4n) is 2.57. The van der Waals surface area contributed by atoms with Crippen molar-refractivity contribution in [3.05, 3.63) is 36.0 Å². The zero-order valence-corrected chi connectivity index (χ0v) is 11.8. The Hall–Kier alpha value is -2.14. The van der Waals surface area contributed by atoms with Gasteiger partial charge in [0.1, 0.15) is 0 Å². The van der Waals surface area contributed by atoms with Crippen molar-refractivity contribution in [2.75, 3.05) is 18.9 Å². The fraction of sp³-hybridized carbons (Fsp3) is 0.375. The predicted molar refractivity (Wildman–Crippen MR) is 81.8 cm³/mol. The zero-order valence-electron chi connectivity index (χ0n) is 11.8. The molecule has 110 valence electrons. The van der Waals surface area contributed by atoms with Crippen molar-refractivity contribution in [2.45, 2.75) is 25.4 Å². The Labute approximate surface area is 123 Å². The number of fused-ring (bicyclic) bond motifs is 1. The molecule has 1 atom stereocenters. The van der Waals surface area contributed by atoms with Crippen molar-refractivity contribution in [2.24, 2.45) is 0 Å². The number of hydrogen-bond donors (Lipinski definition) is 2. The molecule has 2 heterocycles. The quantitative estimate of drug-likeness (QED) is 0.837. The van der Waals surface area contributed by atoms with Crippen LogP contribution >= 0.6 is 0 Å². The highest BCUT2D eigenvalue weighted by Crippen LogP contribution is 2.19. The molecule has 0 spiro atoms. The monoisotopic (exact) mass is 285 g/mol. The second kappa shape index (κ2) is 6.10. The van der Waals surface area contributed by atoms with Gasteiger partial charge in [-0.25, -0.2) is 0 Å². The third-order valence-electron chi connectivity index (χ3n) is 3.70. The van der Waals surface area contributed by atoms with Gasteiger partial charge in [0.15, 0.2) is 0 Å². The van der Waals surface area contributed by atoms with Crippen LogP contribution in [0.4, 0.5) is 5.69 Å². The molecule has 1 aliphatic heterocycles. The van der Waals surface area contributed by atoms with E-state index in [0.717, 1.165) is 36.0 Å². The molecule has 3 N–H and O–H groups in total. The van der Waals surface area contributed by atoms with E-state index in [4.69, 9.17) is 10.5 Å². The molecule has 1 saturated heterocycles. The number of rotatable bonds is 4. The molecule has 0 saturated carbocycles. The molecule has 5 heteroatoms. The number of aromatic nitrogens is 1. The normalized spacial score (nSPS) is 18.0. The largest absolute Gasteiger partial charge is 0.397 e. The number of nitrogens with one attached hydrogen (secondary N) is 1. The third-order valence-corrected chi connectivity index (χ3v) is 3.70. The Balaban J connectivity index is 1.64. The molecule has 21 heavy (non-hydrogen) atoms. The minimum absolute atomic E-state index is 0.0353. The van der Waals surface area contributed by atoms with E-state index >= 15 is 0 Å². The van der Waals surface area contributed by atoms with Crippen LogP contribution in [0.15, 0.2) is 30.3 Å². The lowest BCUT2D eigenvalue weighted by atomic mass is 10.1. The number of ether oxygens (including phenoxy) is 1. The van der Waals surface area contributed by atoms with E-state index in [1.54, 1.807) is 0 Å². The lowest BCUT2D eigenvalue weighted by Crippen LogP contribution is -2.32. The lowest BCUT2D eigenvalue weighted by molar-refractivity contribution is -0.121. The average molecular weight is 285 g/mol. The number of nitrogen functional groups attached to an aromatic ring is 1. The molecule has 1 unspecified atom stereocenters. The third kappa shape index (κ3) is 3.31. The van der Waals surface area contributed by atoms with Crippen LogP contribution in [-0.2, 0) is 16.0 Å². The maximum atomic E-state index is 12.0. The molecule has 1 aliphatic rings. The summed E-state index contributed by atoms with van der Waals surface area (Å²) in [6, 6.07) is 9.48. The second-order valence-electron chi connectivity index (χ2n) is 5.34. The smallest absolute Gasteiger partial charge is 0.226 e. The second-order valence-corrected chi connectivity index (χ2v) is 5.34. The van der Waals surface area contributed by atoms with Gasteiger partial charge >= 0.3 is 0 Å². The van der Waals surface area contributed by atoms with Crippen molar-refractivity contribution < 1.29 is 9.53 Å². The molecule has 2 aromatic rings. The first-order chi connectivity index (χ1) is 10.2. The maximum Gasteiger partial charge on any atom is 0.226 e. The highest BCUT2D eigenvalue weighted by atomic mass is 16.5. The highest BCUT2D eigenvalue weighted by Gasteiger charge is 2.16. The summed E-state index contributed by atoms with van der Waals surface area (Å²) in [6.07, 6.45) is 2.52. The van der Waals surface area contributed by atoms with Gasteiger partial charge in [0.25, 0.3) is 0 Å². The van der Waals surface area contributed by atoms with Crippen LogP contribution in [0, 0.1) is 0 Å². The van der Waals surface area contributed by atoms with Gasteiger partial charge < -0.3 is 15.8 Å². The molecule has 1 aromatic heterocycles. The first-order valence-electron chi connectivity index (χ1n) is 7.25. The molecular weight excluding hydrogens is 266 g/mol. The van der Waals surface area contributed by atoms with Crippen LogP contribution < -0.4 is 11.1 Å². The number of carbonyl (C=O) groups is 1. The van der Waals surface area contributed by atoms with Gasteiger partial charge in [-0.3, -0.25) is 9.78 Å². The Morgan fingerprint density at radius 2 is 2.29 bits per heavy atom. The van der Waals surface area contributed by atoms with Crippen LogP contribution in [0.25, 0.3) is 10.9 Å². The van der Waals surface area contributed by atoms with E-state index in [0.29, 0.717) is 12.2 Å². The SMILES string of the molecule is Nc1cccc2ccc(CC(=O)NCC3CCCO3)nc12. The number of nitrogens with zero attached hydrogens (tertiary/aromatic N) is 1. The van der Waals surface area contributed by atoms with Crippen LogP contribution in [0.5, 0.6) is 0 Å². The number of nitrogens with two attached hydrogens (primary N) is 1. The van der Waals surface area contributed by atoms with E-state index in [1.807, 2.05) is 30.3 Å². The van der Waals surface area contributed by atoms with Crippen LogP contribution in [0.3, 0.4) is 0 Å². The average Bonchev–Trinajstić information content (AvgIpc) is 2.99. The van der Waals surface area contributed by atoms with Gasteiger partial charge in [-0.05, 0) is 25.0 Å². The molecule has 0 radical (unpaired) electrons. The van der Waals surface area contributed by atoms with E-state index in [1.165, 1.54) is 0 Å². The molecule has 1 fully saturated rings. The standard InChI is InChI=1S/C16H19N3O2/c17-14-5-1-3-11-6-7-12(19-16(11)14)9-15(20)18-10-13-4-2-8-21-13/h1,3,5-7,13H,2,4,8-10,17H2,(H,18,20). The number of amides is 1. The van der Waals surface area contributed by atoms with E-state index in [2.05, 4.69) is 10.3 Å². The highest BCUT2D eigenvalue weighted by molar-refractivity contribution is 5.89. The molecule has 1 aromatic carbocycles. The molecular formula is C16H19N3O2. The van der Waals surface area contributed by atoms with Gasteiger partial charge in [0.05, 0.1) is 29.4 Å². The van der Waals surface area contributed by atoms with Gasteiger partial charge in [-0.2, -0.15) is 0 Å². The fourth-order valence-corrected chi connectivity index (χ4v) is 2.57. The molecule has 5 nitrogen and oxygen atoms in total. The Morgan fingerprint density at radius 3 is 3.10 bits per heavy atom. The van der Waals surface area contributed by atoms with Crippen molar-refractivity contribution in [1.82, 2.24) is 10.3 Å². The van der Waals surface area contributed by atoms with Crippen molar-refractivity contribution in [3.8, 4) is 0 Å². The zero-order chi connectivity index (χ0) is 14.7. The first-order valence-corrected chi connectivity index (χ1v) is 7.25. The minimum atomic E-state index is -0.0353. The summed E-state index contributed by atoms with van der Waals surface area (Å²) in [4.78, 5) is 16.4. The summed E-state index contributed by atoms with van der Waals surface area (Å²) in [5.41, 5.74) is 8.03. The van der Waals surface area contributed by atoms with Crippen molar-refractivity contribution in [1.29, 1.82) is 0 Å². The Kier molecular flexibility index (Phi) is 4.01. The number of hydrogen-bond acceptors (Lipinski definition) is 4. The first kappa shape index (κ1) is 13.8. The van der Waals surface area contributed by atoms with Gasteiger partial charge in [-0.1, -0.05) is 18.2 Å². The molecule has 0 bridgehead atoms. The summed E-state index contributed by atoms with van der Waals surface area (Å²) >= 11 is 0. The summed E-state index contributed by atoms with van der Waals surface area (Å²) in [5, 5.41) is 3.89. The minimum Gasteiger partial charge on any atom is -0.397 e. The van der Waals surface area contributed by atoms with E-state index in [9.17, 15) is 4.79 Å². The van der Waals surface area contributed by atoms with Crippen LogP contribution in [0.1, 0.15) is 18.5 Å². The Bertz CT molecular complexity index is 651. The van der Waals surface area contributed by atoms with Gasteiger partial charge in [0, 0.05) is 18.5 Å². The van der Waals surface area contributed by atoms with Gasteiger partial charge in [0.2, 0.25) is 5.91 Å². The van der Waals surface area contributed by atoms with Crippen LogP contribution in [-0.4, -0.2) is 30.1 Å². The Morgan fingerprint density at radius 1 is 1.38 bits per heavy atom. The topological polar surface area (TPSA) is 77.2 Å². The summed E-state index contributed by atoms with van der Waals surface area (Å²) < 4.78 is 5.48. The summed E-state index contributed by atoms with van der Waals surface area (Å²) in [5.74, 6) is -0.0353. The number of anilines is 1. The number of pyridine rings is 1. The summed E-state index contributed by atoms with van der Waals surface area (Å²) in [6.45, 7) is 1.38. The molecule has 3 rings (SSSR count). The van der Waals surface area contributed by atoms with E-state index in [-0.39, 0.29) is 18.4 Å². The predicted octanol–water partition coefficient (Wildman–Crippen LogP) is 1.65. The van der Waals surface area contributed by atoms with Crippen molar-refractivity contribution in [3.63, 3.8) is 0 Å². The number of carbonyl (C=O) groups excluding carboxylic acids is 1. The van der Waals surface area contributed by atoms with Crippen molar-refractivity contribution >= 4 is 22.5 Å². The maximum absolute atomic E-state index is 12.0. The van der Waals surface area contributed by atoms with E-state index < -0.39 is 0 Å². The van der Waals surface area contributed by atoms with Gasteiger partial charge in [-0.15, -0.1) is 0 Å². The molecule has 1 amide bonds.